The highest BCUT2D eigenvalue weighted by Crippen LogP contribution is 2.16. The molecule has 142 valence electrons. The predicted molar refractivity (Wildman–Crippen MR) is 116 cm³/mol. The molecule has 1 heterocycles. The van der Waals surface area contributed by atoms with E-state index >= 15 is 0 Å². The molecular formula is C18H30ClIN4O. The summed E-state index contributed by atoms with van der Waals surface area (Å²) < 4.78 is 5.15. The topological polar surface area (TPSA) is 48.9 Å². The van der Waals surface area contributed by atoms with Crippen molar-refractivity contribution in [3.8, 4) is 0 Å². The third kappa shape index (κ3) is 8.57. The number of ether oxygens (including phenoxy) is 1. The molecule has 0 aliphatic carbocycles. The van der Waals surface area contributed by atoms with Gasteiger partial charge in [-0.3, -0.25) is 4.99 Å². The Hall–Kier alpha value is -0.570. The maximum atomic E-state index is 5.91. The minimum atomic E-state index is 0. The van der Waals surface area contributed by atoms with E-state index in [9.17, 15) is 0 Å². The summed E-state index contributed by atoms with van der Waals surface area (Å²) in [7, 11) is 3.57. The largest absolute Gasteiger partial charge is 0.383 e. The van der Waals surface area contributed by atoms with E-state index in [2.05, 4.69) is 20.5 Å². The van der Waals surface area contributed by atoms with Gasteiger partial charge in [0.1, 0.15) is 0 Å². The van der Waals surface area contributed by atoms with Gasteiger partial charge in [0.2, 0.25) is 0 Å². The number of benzene rings is 1. The average molecular weight is 481 g/mol. The van der Waals surface area contributed by atoms with Crippen LogP contribution in [0.5, 0.6) is 0 Å². The number of likely N-dealkylation sites (tertiary alicyclic amines) is 1. The Balaban J connectivity index is 0.00000312. The first-order chi connectivity index (χ1) is 11.7. The second-order valence-corrected chi connectivity index (χ2v) is 6.65. The number of piperidine rings is 1. The lowest BCUT2D eigenvalue weighted by molar-refractivity contribution is 0.121. The lowest BCUT2D eigenvalue weighted by Crippen LogP contribution is -2.43. The highest BCUT2D eigenvalue weighted by atomic mass is 127. The number of nitrogens with zero attached hydrogens (tertiary/aromatic N) is 2. The molecule has 7 heteroatoms. The molecule has 1 aliphatic heterocycles. The van der Waals surface area contributed by atoms with Crippen molar-refractivity contribution in [1.29, 1.82) is 0 Å². The quantitative estimate of drug-likeness (QED) is 0.358. The summed E-state index contributed by atoms with van der Waals surface area (Å²) in [5.41, 5.74) is 1.19. The van der Waals surface area contributed by atoms with Crippen molar-refractivity contribution in [3.05, 3.63) is 34.9 Å². The predicted octanol–water partition coefficient (Wildman–Crippen LogP) is 2.98. The van der Waals surface area contributed by atoms with E-state index in [-0.39, 0.29) is 24.0 Å². The Morgan fingerprint density at radius 1 is 1.24 bits per heavy atom. The molecule has 1 aromatic rings. The van der Waals surface area contributed by atoms with E-state index in [0.717, 1.165) is 50.3 Å². The van der Waals surface area contributed by atoms with Crippen LogP contribution in [0, 0.1) is 5.92 Å². The van der Waals surface area contributed by atoms with Gasteiger partial charge < -0.3 is 20.3 Å². The summed E-state index contributed by atoms with van der Waals surface area (Å²) in [6.07, 6.45) is 2.45. The van der Waals surface area contributed by atoms with Gasteiger partial charge in [-0.2, -0.15) is 0 Å². The number of halogens is 2. The van der Waals surface area contributed by atoms with E-state index in [4.69, 9.17) is 16.3 Å². The number of methoxy groups -OCH3 is 1. The Bertz CT molecular complexity index is 504. The molecule has 2 rings (SSSR count). The fourth-order valence-electron chi connectivity index (χ4n) is 2.88. The molecule has 0 radical (unpaired) electrons. The fraction of sp³-hybridized carbons (Fsp3) is 0.611. The van der Waals surface area contributed by atoms with Crippen molar-refractivity contribution < 1.29 is 4.74 Å². The molecule has 0 saturated carbocycles. The van der Waals surface area contributed by atoms with E-state index in [1.165, 1.54) is 18.4 Å². The smallest absolute Gasteiger partial charge is 0.191 e. The normalized spacial score (nSPS) is 16.4. The maximum Gasteiger partial charge on any atom is 0.191 e. The number of hydrogen-bond acceptors (Lipinski definition) is 3. The van der Waals surface area contributed by atoms with Crippen LogP contribution in [-0.2, 0) is 11.3 Å². The third-order valence-electron chi connectivity index (χ3n) is 4.47. The standard InChI is InChI=1S/C18H29ClN4O.HI/c1-20-18(21-13-15-3-5-17(19)6-4-15)22-14-16-7-9-23(10-8-16)11-12-24-2;/h3-6,16H,7-14H2,1-2H3,(H2,20,21,22);1H. The molecule has 1 saturated heterocycles. The lowest BCUT2D eigenvalue weighted by Gasteiger charge is -2.32. The van der Waals surface area contributed by atoms with E-state index in [1.807, 2.05) is 31.3 Å². The molecule has 0 aromatic heterocycles. The van der Waals surface area contributed by atoms with Crippen LogP contribution >= 0.6 is 35.6 Å². The molecule has 1 aromatic carbocycles. The number of rotatable bonds is 7. The summed E-state index contributed by atoms with van der Waals surface area (Å²) in [6.45, 7) is 5.90. The van der Waals surface area contributed by atoms with Gasteiger partial charge in [-0.1, -0.05) is 23.7 Å². The third-order valence-corrected chi connectivity index (χ3v) is 4.73. The first kappa shape index (κ1) is 22.5. The van der Waals surface area contributed by atoms with Crippen LogP contribution in [-0.4, -0.2) is 57.8 Å². The molecule has 0 spiro atoms. The monoisotopic (exact) mass is 480 g/mol. The molecule has 1 fully saturated rings. The van der Waals surface area contributed by atoms with Gasteiger partial charge in [0.05, 0.1) is 6.61 Å². The molecule has 5 nitrogen and oxygen atoms in total. The van der Waals surface area contributed by atoms with Gasteiger partial charge in [-0.05, 0) is 49.5 Å². The summed E-state index contributed by atoms with van der Waals surface area (Å²) in [5, 5.41) is 7.56. The van der Waals surface area contributed by atoms with Crippen molar-refractivity contribution in [2.45, 2.75) is 19.4 Å². The zero-order valence-corrected chi connectivity index (χ0v) is 18.2. The maximum absolute atomic E-state index is 5.91. The highest BCUT2D eigenvalue weighted by Gasteiger charge is 2.18. The second kappa shape index (κ2) is 12.7. The molecule has 0 bridgehead atoms. The van der Waals surface area contributed by atoms with Crippen molar-refractivity contribution >= 4 is 41.5 Å². The average Bonchev–Trinajstić information content (AvgIpc) is 2.62. The minimum Gasteiger partial charge on any atom is -0.383 e. The first-order valence-corrected chi connectivity index (χ1v) is 8.99. The summed E-state index contributed by atoms with van der Waals surface area (Å²) in [6, 6.07) is 7.87. The van der Waals surface area contributed by atoms with Crippen LogP contribution in [0.25, 0.3) is 0 Å². The molecule has 0 unspecified atom stereocenters. The van der Waals surface area contributed by atoms with E-state index < -0.39 is 0 Å². The zero-order chi connectivity index (χ0) is 17.2. The number of guanidine groups is 1. The minimum absolute atomic E-state index is 0. The van der Waals surface area contributed by atoms with Gasteiger partial charge in [0, 0.05) is 38.8 Å². The van der Waals surface area contributed by atoms with Crippen LogP contribution in [0.4, 0.5) is 0 Å². The highest BCUT2D eigenvalue weighted by molar-refractivity contribution is 14.0. The molecule has 1 aliphatic rings. The SMILES string of the molecule is CN=C(NCc1ccc(Cl)cc1)NCC1CCN(CCOC)CC1.I. The summed E-state index contributed by atoms with van der Waals surface area (Å²) in [5.74, 6) is 1.56. The summed E-state index contributed by atoms with van der Waals surface area (Å²) >= 11 is 5.91. The van der Waals surface area contributed by atoms with Crippen LogP contribution in [0.2, 0.25) is 5.02 Å². The van der Waals surface area contributed by atoms with Crippen molar-refractivity contribution in [3.63, 3.8) is 0 Å². The second-order valence-electron chi connectivity index (χ2n) is 6.21. The van der Waals surface area contributed by atoms with Gasteiger partial charge in [0.25, 0.3) is 0 Å². The van der Waals surface area contributed by atoms with Gasteiger partial charge in [-0.15, -0.1) is 24.0 Å². The lowest BCUT2D eigenvalue weighted by atomic mass is 9.97. The van der Waals surface area contributed by atoms with E-state index in [1.54, 1.807) is 7.11 Å². The van der Waals surface area contributed by atoms with Crippen molar-refractivity contribution in [2.75, 3.05) is 46.9 Å². The first-order valence-electron chi connectivity index (χ1n) is 8.61. The van der Waals surface area contributed by atoms with Gasteiger partial charge in [-0.25, -0.2) is 0 Å². The molecule has 0 amide bonds. The van der Waals surface area contributed by atoms with Crippen molar-refractivity contribution in [2.24, 2.45) is 10.9 Å². The molecular weight excluding hydrogens is 451 g/mol. The fourth-order valence-corrected chi connectivity index (χ4v) is 3.01. The number of nitrogens with one attached hydrogen (secondary N) is 2. The van der Waals surface area contributed by atoms with Crippen LogP contribution < -0.4 is 10.6 Å². The zero-order valence-electron chi connectivity index (χ0n) is 15.1. The number of aliphatic imine (C=N–C) groups is 1. The Kier molecular flexibility index (Phi) is 11.4. The Labute approximate surface area is 173 Å². The van der Waals surface area contributed by atoms with Crippen LogP contribution in [0.15, 0.2) is 29.3 Å². The van der Waals surface area contributed by atoms with Gasteiger partial charge in [0.15, 0.2) is 5.96 Å². The number of hydrogen-bond donors (Lipinski definition) is 2. The summed E-state index contributed by atoms with van der Waals surface area (Å²) in [4.78, 5) is 6.78. The van der Waals surface area contributed by atoms with Crippen molar-refractivity contribution in [1.82, 2.24) is 15.5 Å². The van der Waals surface area contributed by atoms with E-state index in [0.29, 0.717) is 5.92 Å². The van der Waals surface area contributed by atoms with Crippen LogP contribution in [0.1, 0.15) is 18.4 Å². The van der Waals surface area contributed by atoms with Gasteiger partial charge >= 0.3 is 0 Å². The molecule has 25 heavy (non-hydrogen) atoms. The Morgan fingerprint density at radius 3 is 2.52 bits per heavy atom. The molecule has 0 atom stereocenters. The molecule has 2 N–H and O–H groups in total. The Morgan fingerprint density at radius 2 is 1.92 bits per heavy atom. The van der Waals surface area contributed by atoms with Crippen LogP contribution in [0.3, 0.4) is 0 Å².